The van der Waals surface area contributed by atoms with Crippen molar-refractivity contribution in [3.05, 3.63) is 41.5 Å². The molecule has 1 aliphatic rings. The molecular weight excluding hydrogens is 217 g/mol. The van der Waals surface area contributed by atoms with Crippen LogP contribution in [-0.4, -0.2) is 28.5 Å². The third-order valence-corrected chi connectivity index (χ3v) is 3.14. The lowest BCUT2D eigenvalue weighted by Crippen LogP contribution is -2.26. The van der Waals surface area contributed by atoms with Crippen molar-refractivity contribution in [3.8, 4) is 11.4 Å². The van der Waals surface area contributed by atoms with Crippen molar-refractivity contribution in [3.63, 3.8) is 0 Å². The molecule has 1 N–H and O–H groups in total. The first-order valence-electron chi connectivity index (χ1n) is 5.74. The largest absolute Gasteiger partial charge is 0.341 e. The molecule has 2 aromatic rings. The van der Waals surface area contributed by atoms with Crippen LogP contribution < -0.4 is 0 Å². The molecule has 3 rings (SSSR count). The molecule has 4 heteroatoms. The topological polar surface area (TPSA) is 31.9 Å². The van der Waals surface area contributed by atoms with Crippen LogP contribution in [0.15, 0.2) is 24.3 Å². The highest BCUT2D eigenvalue weighted by molar-refractivity contribution is 5.55. The average Bonchev–Trinajstić information content (AvgIpc) is 2.72. The average molecular weight is 231 g/mol. The number of rotatable bonds is 1. The summed E-state index contributed by atoms with van der Waals surface area (Å²) in [7, 11) is 2.10. The van der Waals surface area contributed by atoms with E-state index in [9.17, 15) is 4.39 Å². The lowest BCUT2D eigenvalue weighted by atomic mass is 10.2. The van der Waals surface area contributed by atoms with Gasteiger partial charge in [-0.25, -0.2) is 9.37 Å². The van der Waals surface area contributed by atoms with Crippen molar-refractivity contribution in [2.24, 2.45) is 0 Å². The molecule has 2 heterocycles. The van der Waals surface area contributed by atoms with Crippen molar-refractivity contribution in [2.45, 2.75) is 13.0 Å². The fourth-order valence-electron chi connectivity index (χ4n) is 2.17. The number of fused-ring (bicyclic) bond motifs is 1. The van der Waals surface area contributed by atoms with Gasteiger partial charge in [-0.05, 0) is 31.3 Å². The van der Waals surface area contributed by atoms with E-state index in [2.05, 4.69) is 21.9 Å². The summed E-state index contributed by atoms with van der Waals surface area (Å²) in [6, 6.07) is 6.43. The summed E-state index contributed by atoms with van der Waals surface area (Å²) in [4.78, 5) is 10.2. The normalized spacial score (nSPS) is 15.9. The highest BCUT2D eigenvalue weighted by Crippen LogP contribution is 2.22. The first kappa shape index (κ1) is 10.5. The molecule has 0 saturated heterocycles. The fourth-order valence-corrected chi connectivity index (χ4v) is 2.17. The van der Waals surface area contributed by atoms with E-state index >= 15 is 0 Å². The lowest BCUT2D eigenvalue weighted by Gasteiger charge is -2.20. The number of likely N-dealkylation sites (N-methyl/N-ethyl adjacent to an activating group) is 1. The maximum Gasteiger partial charge on any atom is 0.137 e. The predicted molar refractivity (Wildman–Crippen MR) is 64.0 cm³/mol. The van der Waals surface area contributed by atoms with Crippen LogP contribution >= 0.6 is 0 Å². The summed E-state index contributed by atoms with van der Waals surface area (Å²) in [5.74, 6) is 0.620. The number of imidazole rings is 1. The Kier molecular flexibility index (Phi) is 2.44. The third-order valence-electron chi connectivity index (χ3n) is 3.14. The Morgan fingerprint density at radius 3 is 2.82 bits per heavy atom. The van der Waals surface area contributed by atoms with Crippen LogP contribution in [0, 0.1) is 5.82 Å². The third kappa shape index (κ3) is 1.96. The number of hydrogen-bond acceptors (Lipinski definition) is 2. The zero-order chi connectivity index (χ0) is 11.8. The van der Waals surface area contributed by atoms with Crippen LogP contribution in [0.4, 0.5) is 4.39 Å². The Hall–Kier alpha value is -1.68. The molecule has 17 heavy (non-hydrogen) atoms. The van der Waals surface area contributed by atoms with E-state index in [0.29, 0.717) is 0 Å². The highest BCUT2D eigenvalue weighted by Gasteiger charge is 2.17. The molecule has 88 valence electrons. The molecule has 0 amide bonds. The number of aromatic nitrogens is 2. The van der Waals surface area contributed by atoms with Crippen molar-refractivity contribution in [2.75, 3.05) is 13.6 Å². The molecule has 0 atom stereocenters. The summed E-state index contributed by atoms with van der Waals surface area (Å²) in [6.07, 6.45) is 0.976. The van der Waals surface area contributed by atoms with E-state index in [-0.39, 0.29) is 5.82 Å². The SMILES string of the molecule is CN1CCc2nc(-c3ccc(F)cc3)[nH]c2C1. The first-order valence-corrected chi connectivity index (χ1v) is 5.74. The van der Waals surface area contributed by atoms with Gasteiger partial charge in [0.1, 0.15) is 11.6 Å². The number of aromatic amines is 1. The molecule has 0 aliphatic carbocycles. The van der Waals surface area contributed by atoms with Gasteiger partial charge in [-0.1, -0.05) is 0 Å². The van der Waals surface area contributed by atoms with Crippen LogP contribution in [-0.2, 0) is 13.0 Å². The smallest absolute Gasteiger partial charge is 0.137 e. The van der Waals surface area contributed by atoms with Crippen LogP contribution in [0.25, 0.3) is 11.4 Å². The molecule has 0 unspecified atom stereocenters. The summed E-state index contributed by atoms with van der Waals surface area (Å²) < 4.78 is 12.8. The molecule has 3 nitrogen and oxygen atoms in total. The van der Waals surface area contributed by atoms with Crippen LogP contribution in [0.5, 0.6) is 0 Å². The summed E-state index contributed by atoms with van der Waals surface area (Å²) >= 11 is 0. The van der Waals surface area contributed by atoms with E-state index < -0.39 is 0 Å². The minimum Gasteiger partial charge on any atom is -0.341 e. The second kappa shape index (κ2) is 3.96. The molecule has 0 bridgehead atoms. The number of nitrogens with zero attached hydrogens (tertiary/aromatic N) is 2. The van der Waals surface area contributed by atoms with Crippen LogP contribution in [0.3, 0.4) is 0 Å². The number of H-pyrrole nitrogens is 1. The summed E-state index contributed by atoms with van der Waals surface area (Å²) in [6.45, 7) is 1.95. The Bertz CT molecular complexity index is 530. The Labute approximate surface area is 99.3 Å². The number of benzene rings is 1. The van der Waals surface area contributed by atoms with Gasteiger partial charge in [-0.15, -0.1) is 0 Å². The van der Waals surface area contributed by atoms with Crippen LogP contribution in [0.1, 0.15) is 11.4 Å². The van der Waals surface area contributed by atoms with Crippen molar-refractivity contribution in [1.82, 2.24) is 14.9 Å². The standard InChI is InChI=1S/C13H14FN3/c1-17-7-6-11-12(8-17)16-13(15-11)9-2-4-10(14)5-3-9/h2-5H,6-8H2,1H3,(H,15,16). The van der Waals surface area contributed by atoms with Gasteiger partial charge in [0.05, 0.1) is 11.4 Å². The Balaban J connectivity index is 1.97. The van der Waals surface area contributed by atoms with E-state index in [0.717, 1.165) is 36.6 Å². The maximum absolute atomic E-state index is 12.8. The van der Waals surface area contributed by atoms with Gasteiger partial charge in [-0.2, -0.15) is 0 Å². The Morgan fingerprint density at radius 1 is 1.29 bits per heavy atom. The number of nitrogens with one attached hydrogen (secondary N) is 1. The predicted octanol–water partition coefficient (Wildman–Crippen LogP) is 2.20. The lowest BCUT2D eigenvalue weighted by molar-refractivity contribution is 0.307. The number of hydrogen-bond donors (Lipinski definition) is 1. The molecule has 0 fully saturated rings. The van der Waals surface area contributed by atoms with Gasteiger partial charge in [0.25, 0.3) is 0 Å². The van der Waals surface area contributed by atoms with Gasteiger partial charge in [0.2, 0.25) is 0 Å². The maximum atomic E-state index is 12.8. The van der Waals surface area contributed by atoms with Crippen LogP contribution in [0.2, 0.25) is 0 Å². The fraction of sp³-hybridized carbons (Fsp3) is 0.308. The van der Waals surface area contributed by atoms with Gasteiger partial charge < -0.3 is 9.88 Å². The summed E-state index contributed by atoms with van der Waals surface area (Å²) in [5.41, 5.74) is 3.25. The van der Waals surface area contributed by atoms with E-state index in [1.165, 1.54) is 17.8 Å². The van der Waals surface area contributed by atoms with Gasteiger partial charge in [-0.3, -0.25) is 0 Å². The molecule has 1 aromatic carbocycles. The molecule has 0 radical (unpaired) electrons. The minimum absolute atomic E-state index is 0.218. The molecule has 1 aliphatic heterocycles. The second-order valence-electron chi connectivity index (χ2n) is 4.51. The summed E-state index contributed by atoms with van der Waals surface area (Å²) in [5, 5.41) is 0. The van der Waals surface area contributed by atoms with E-state index in [1.54, 1.807) is 12.1 Å². The van der Waals surface area contributed by atoms with Crippen molar-refractivity contribution in [1.29, 1.82) is 0 Å². The zero-order valence-electron chi connectivity index (χ0n) is 9.70. The Morgan fingerprint density at radius 2 is 2.06 bits per heavy atom. The molecule has 0 spiro atoms. The minimum atomic E-state index is -0.218. The highest BCUT2D eigenvalue weighted by atomic mass is 19.1. The monoisotopic (exact) mass is 231 g/mol. The van der Waals surface area contributed by atoms with Crippen molar-refractivity contribution >= 4 is 0 Å². The quantitative estimate of drug-likeness (QED) is 0.816. The number of halogens is 1. The van der Waals surface area contributed by atoms with Gasteiger partial charge >= 0.3 is 0 Å². The second-order valence-corrected chi connectivity index (χ2v) is 4.51. The zero-order valence-corrected chi connectivity index (χ0v) is 9.70. The molecule has 0 saturated carbocycles. The van der Waals surface area contributed by atoms with E-state index in [4.69, 9.17) is 0 Å². The van der Waals surface area contributed by atoms with Gasteiger partial charge in [0.15, 0.2) is 0 Å². The first-order chi connectivity index (χ1) is 8.22. The molecule has 1 aromatic heterocycles. The molecular formula is C13H14FN3. The van der Waals surface area contributed by atoms with E-state index in [1.807, 2.05) is 0 Å². The van der Waals surface area contributed by atoms with Gasteiger partial charge in [0, 0.05) is 25.1 Å². The van der Waals surface area contributed by atoms with Crippen molar-refractivity contribution < 1.29 is 4.39 Å².